The standard InChI is InChI=1S/C24H26FN3O3.C2H6/c1-23-13-28(12-14-2-3-14)9-8-24(23,31-23)18-5-6-19-17(21(18)25)10-15(11-26-19)16-4-7-20(29)27-22(16)30;1-2/h5-6,10-11,14,16H,2-4,7-9,12-13H2,1H3,(H,27,29,30);1-2H3. The van der Waals surface area contributed by atoms with Gasteiger partial charge in [-0.25, -0.2) is 4.39 Å². The number of carbonyl (C=O) groups excluding carboxylic acids is 2. The summed E-state index contributed by atoms with van der Waals surface area (Å²) in [6, 6.07) is 5.38. The third kappa shape index (κ3) is 3.75. The molecule has 4 aliphatic rings. The molecule has 2 aromatic rings. The quantitative estimate of drug-likeness (QED) is 0.559. The summed E-state index contributed by atoms with van der Waals surface area (Å²) in [5.41, 5.74) is 0.835. The van der Waals surface area contributed by atoms with Crippen LogP contribution < -0.4 is 5.32 Å². The van der Waals surface area contributed by atoms with Gasteiger partial charge in [0.1, 0.15) is 17.0 Å². The second-order valence-corrected chi connectivity index (χ2v) is 9.85. The van der Waals surface area contributed by atoms with Gasteiger partial charge in [0.25, 0.3) is 0 Å². The maximum absolute atomic E-state index is 15.8. The fourth-order valence-electron chi connectivity index (χ4n) is 5.65. The molecule has 0 radical (unpaired) electrons. The van der Waals surface area contributed by atoms with Crippen molar-refractivity contribution in [3.05, 3.63) is 41.3 Å². The molecule has 1 saturated carbocycles. The van der Waals surface area contributed by atoms with Gasteiger partial charge in [0.15, 0.2) is 0 Å². The number of rotatable bonds is 4. The molecule has 6 rings (SSSR count). The van der Waals surface area contributed by atoms with Crippen molar-refractivity contribution < 1.29 is 18.7 Å². The number of nitrogens with one attached hydrogen (secondary N) is 1. The van der Waals surface area contributed by atoms with Crippen LogP contribution in [0.25, 0.3) is 10.9 Å². The number of nitrogens with zero attached hydrogens (tertiary/aromatic N) is 2. The minimum atomic E-state index is -0.587. The smallest absolute Gasteiger partial charge is 0.234 e. The van der Waals surface area contributed by atoms with Gasteiger partial charge in [-0.05, 0) is 56.2 Å². The van der Waals surface area contributed by atoms with Crippen molar-refractivity contribution in [3.63, 3.8) is 0 Å². The Morgan fingerprint density at radius 3 is 2.73 bits per heavy atom. The van der Waals surface area contributed by atoms with Gasteiger partial charge in [-0.1, -0.05) is 19.9 Å². The number of pyridine rings is 1. The summed E-state index contributed by atoms with van der Waals surface area (Å²) >= 11 is 0. The van der Waals surface area contributed by atoms with Crippen molar-refractivity contribution in [3.8, 4) is 0 Å². The Bertz CT molecular complexity index is 1120. The van der Waals surface area contributed by atoms with Crippen LogP contribution >= 0.6 is 0 Å². The van der Waals surface area contributed by atoms with E-state index in [9.17, 15) is 9.59 Å². The number of ether oxygens (including phenoxy) is 1. The number of epoxide rings is 1. The largest absolute Gasteiger partial charge is 0.356 e. The predicted molar refractivity (Wildman–Crippen MR) is 123 cm³/mol. The fraction of sp³-hybridized carbons (Fsp3) is 0.577. The van der Waals surface area contributed by atoms with Gasteiger partial charge in [-0.2, -0.15) is 0 Å². The molecule has 7 heteroatoms. The summed E-state index contributed by atoms with van der Waals surface area (Å²) in [6.07, 6.45) is 5.74. The Hall–Kier alpha value is -2.38. The van der Waals surface area contributed by atoms with Gasteiger partial charge in [0.05, 0.1) is 11.4 Å². The van der Waals surface area contributed by atoms with E-state index in [0.29, 0.717) is 28.5 Å². The average Bonchev–Trinajstić information content (AvgIpc) is 3.71. The molecule has 3 unspecified atom stereocenters. The van der Waals surface area contributed by atoms with Crippen molar-refractivity contribution in [1.82, 2.24) is 15.2 Å². The van der Waals surface area contributed by atoms with Crippen LogP contribution in [0.4, 0.5) is 4.39 Å². The van der Waals surface area contributed by atoms with Crippen LogP contribution in [-0.4, -0.2) is 46.9 Å². The first kappa shape index (κ1) is 22.4. The number of benzene rings is 1. The second-order valence-electron chi connectivity index (χ2n) is 9.85. The van der Waals surface area contributed by atoms with Crippen LogP contribution in [0.2, 0.25) is 0 Å². The zero-order valence-corrected chi connectivity index (χ0v) is 19.6. The molecular formula is C26H32FN3O3. The number of hydrogen-bond donors (Lipinski definition) is 1. The number of fused-ring (bicyclic) bond motifs is 2. The van der Waals surface area contributed by atoms with E-state index in [1.807, 2.05) is 26.0 Å². The van der Waals surface area contributed by atoms with Crippen molar-refractivity contribution >= 4 is 22.7 Å². The highest BCUT2D eigenvalue weighted by molar-refractivity contribution is 6.01. The van der Waals surface area contributed by atoms with E-state index in [1.54, 1.807) is 12.3 Å². The molecule has 3 aliphatic heterocycles. The Kier molecular flexibility index (Phi) is 5.52. The summed E-state index contributed by atoms with van der Waals surface area (Å²) in [7, 11) is 0. The van der Waals surface area contributed by atoms with Crippen LogP contribution in [0.3, 0.4) is 0 Å². The predicted octanol–water partition coefficient (Wildman–Crippen LogP) is 4.02. The Morgan fingerprint density at radius 2 is 2.03 bits per heavy atom. The molecule has 6 nitrogen and oxygen atoms in total. The highest BCUT2D eigenvalue weighted by Crippen LogP contribution is 2.61. The molecule has 0 spiro atoms. The van der Waals surface area contributed by atoms with Crippen molar-refractivity contribution in [2.24, 2.45) is 5.92 Å². The van der Waals surface area contributed by atoms with Gasteiger partial charge < -0.3 is 4.74 Å². The van der Waals surface area contributed by atoms with E-state index in [4.69, 9.17) is 4.74 Å². The number of imide groups is 1. The van der Waals surface area contributed by atoms with Crippen LogP contribution in [0.1, 0.15) is 69.9 Å². The SMILES string of the molecule is CC.CC12CN(CC3CC3)CCC1(c1ccc3ncc(C4CCC(=O)NC4=O)cc3c1F)O2. The summed E-state index contributed by atoms with van der Waals surface area (Å²) in [6.45, 7) is 8.95. The molecular weight excluding hydrogens is 421 g/mol. The van der Waals surface area contributed by atoms with Gasteiger partial charge in [0.2, 0.25) is 11.8 Å². The Balaban J connectivity index is 0.00000111. The van der Waals surface area contributed by atoms with Crippen LogP contribution in [-0.2, 0) is 19.9 Å². The van der Waals surface area contributed by atoms with E-state index in [1.165, 1.54) is 12.8 Å². The van der Waals surface area contributed by atoms with E-state index in [2.05, 4.69) is 22.1 Å². The maximum Gasteiger partial charge on any atom is 0.234 e. The highest BCUT2D eigenvalue weighted by Gasteiger charge is 2.70. The van der Waals surface area contributed by atoms with Gasteiger partial charge in [0, 0.05) is 43.2 Å². The Morgan fingerprint density at radius 1 is 1.24 bits per heavy atom. The molecule has 1 aliphatic carbocycles. The zero-order valence-electron chi connectivity index (χ0n) is 19.6. The zero-order chi connectivity index (χ0) is 23.4. The maximum atomic E-state index is 15.8. The molecule has 4 heterocycles. The van der Waals surface area contributed by atoms with Crippen LogP contribution in [0.15, 0.2) is 24.4 Å². The first-order valence-corrected chi connectivity index (χ1v) is 12.2. The number of halogens is 1. The molecule has 0 bridgehead atoms. The third-order valence-electron chi connectivity index (χ3n) is 7.63. The lowest BCUT2D eigenvalue weighted by molar-refractivity contribution is -0.134. The number of hydrogen-bond acceptors (Lipinski definition) is 5. The van der Waals surface area contributed by atoms with Crippen molar-refractivity contribution in [1.29, 1.82) is 0 Å². The normalized spacial score (nSPS) is 31.5. The molecule has 3 atom stereocenters. The van der Waals surface area contributed by atoms with E-state index in [0.717, 1.165) is 32.0 Å². The number of likely N-dealkylation sites (tertiary alicyclic amines) is 1. The summed E-state index contributed by atoms with van der Waals surface area (Å²) in [4.78, 5) is 30.6. The number of aromatic nitrogens is 1. The van der Waals surface area contributed by atoms with Gasteiger partial charge in [-0.3, -0.25) is 24.8 Å². The topological polar surface area (TPSA) is 74.8 Å². The van der Waals surface area contributed by atoms with E-state index < -0.39 is 11.5 Å². The van der Waals surface area contributed by atoms with Crippen molar-refractivity contribution in [2.75, 3.05) is 19.6 Å². The highest BCUT2D eigenvalue weighted by atomic mass is 19.1. The molecule has 3 saturated heterocycles. The van der Waals surface area contributed by atoms with Crippen molar-refractivity contribution in [2.45, 2.75) is 70.0 Å². The van der Waals surface area contributed by atoms with E-state index in [-0.39, 0.29) is 29.7 Å². The molecule has 2 amide bonds. The first-order chi connectivity index (χ1) is 15.9. The molecule has 33 heavy (non-hydrogen) atoms. The average molecular weight is 454 g/mol. The molecule has 1 aromatic heterocycles. The summed E-state index contributed by atoms with van der Waals surface area (Å²) in [5, 5.41) is 2.78. The lowest BCUT2D eigenvalue weighted by atomic mass is 9.80. The summed E-state index contributed by atoms with van der Waals surface area (Å²) in [5.74, 6) is -0.569. The van der Waals surface area contributed by atoms with Crippen LogP contribution in [0, 0.1) is 11.7 Å². The van der Waals surface area contributed by atoms with Crippen LogP contribution in [0.5, 0.6) is 0 Å². The second kappa shape index (κ2) is 8.13. The monoisotopic (exact) mass is 453 g/mol. The minimum absolute atomic E-state index is 0.263. The fourth-order valence-corrected chi connectivity index (χ4v) is 5.65. The first-order valence-electron chi connectivity index (χ1n) is 12.2. The lowest BCUT2D eigenvalue weighted by Crippen LogP contribution is -2.45. The number of amides is 2. The number of carbonyl (C=O) groups is 2. The molecule has 176 valence electrons. The molecule has 1 aromatic carbocycles. The molecule has 1 N–H and O–H groups in total. The number of piperidine rings is 2. The van der Waals surface area contributed by atoms with E-state index >= 15 is 4.39 Å². The summed E-state index contributed by atoms with van der Waals surface area (Å²) < 4.78 is 22.1. The lowest BCUT2D eigenvalue weighted by Gasteiger charge is -2.32. The van der Waals surface area contributed by atoms with Gasteiger partial charge in [-0.15, -0.1) is 0 Å². The molecule has 4 fully saturated rings. The van der Waals surface area contributed by atoms with Gasteiger partial charge >= 0.3 is 0 Å². The third-order valence-corrected chi connectivity index (χ3v) is 7.63. The minimum Gasteiger partial charge on any atom is -0.356 e. The Labute approximate surface area is 193 Å².